The quantitative estimate of drug-likeness (QED) is 0.834. The Morgan fingerprint density at radius 2 is 1.89 bits per heavy atom. The zero-order valence-electron chi connectivity index (χ0n) is 10.3. The first-order valence-electron chi connectivity index (χ1n) is 5.97. The molecule has 0 unspecified atom stereocenters. The number of primary sulfonamides is 1. The van der Waals surface area contributed by atoms with E-state index in [1.807, 2.05) is 6.07 Å². The van der Waals surface area contributed by atoms with Crippen molar-refractivity contribution in [1.29, 1.82) is 0 Å². The second-order valence-corrected chi connectivity index (χ2v) is 7.58. The molecule has 1 fully saturated rings. The lowest BCUT2D eigenvalue weighted by molar-refractivity contribution is 0.597. The SMILES string of the molecule is Cc1c(SC2CCCC2)cc(N)cc1S(N)(=O)=O. The molecule has 0 aromatic heterocycles. The summed E-state index contributed by atoms with van der Waals surface area (Å²) in [5.74, 6) is 0. The van der Waals surface area contributed by atoms with Crippen molar-refractivity contribution < 1.29 is 8.42 Å². The maximum Gasteiger partial charge on any atom is 0.238 e. The molecule has 0 bridgehead atoms. The highest BCUT2D eigenvalue weighted by Crippen LogP contribution is 2.38. The maximum absolute atomic E-state index is 11.5. The predicted molar refractivity (Wildman–Crippen MR) is 75.1 cm³/mol. The van der Waals surface area contributed by atoms with Crippen LogP contribution in [0.2, 0.25) is 0 Å². The third-order valence-corrected chi connectivity index (χ3v) is 5.76. The number of nitrogens with two attached hydrogens (primary N) is 2. The second-order valence-electron chi connectivity index (χ2n) is 4.71. The van der Waals surface area contributed by atoms with Crippen LogP contribution in [0.5, 0.6) is 0 Å². The van der Waals surface area contributed by atoms with Gasteiger partial charge in [0.2, 0.25) is 10.0 Å². The van der Waals surface area contributed by atoms with Crippen LogP contribution in [0, 0.1) is 6.92 Å². The molecule has 0 aliphatic heterocycles. The van der Waals surface area contributed by atoms with Gasteiger partial charge in [0.1, 0.15) is 0 Å². The third-order valence-electron chi connectivity index (χ3n) is 3.24. The minimum Gasteiger partial charge on any atom is -0.399 e. The number of benzene rings is 1. The molecule has 1 aliphatic carbocycles. The molecule has 0 spiro atoms. The summed E-state index contributed by atoms with van der Waals surface area (Å²) in [5, 5.41) is 5.78. The fourth-order valence-electron chi connectivity index (χ4n) is 2.29. The Morgan fingerprint density at radius 3 is 2.44 bits per heavy atom. The van der Waals surface area contributed by atoms with Gasteiger partial charge in [0.25, 0.3) is 0 Å². The number of nitrogen functional groups attached to an aromatic ring is 1. The van der Waals surface area contributed by atoms with Crippen LogP contribution in [-0.4, -0.2) is 13.7 Å². The topological polar surface area (TPSA) is 86.2 Å². The lowest BCUT2D eigenvalue weighted by atomic mass is 10.2. The second kappa shape index (κ2) is 5.11. The Bertz CT molecular complexity index is 549. The summed E-state index contributed by atoms with van der Waals surface area (Å²) in [6.45, 7) is 1.79. The van der Waals surface area contributed by atoms with E-state index in [9.17, 15) is 8.42 Å². The zero-order valence-corrected chi connectivity index (χ0v) is 12.0. The molecule has 0 saturated heterocycles. The molecule has 0 heterocycles. The van der Waals surface area contributed by atoms with Crippen molar-refractivity contribution in [3.63, 3.8) is 0 Å². The fraction of sp³-hybridized carbons (Fsp3) is 0.500. The lowest BCUT2D eigenvalue weighted by Gasteiger charge is -2.14. The van der Waals surface area contributed by atoms with E-state index in [-0.39, 0.29) is 4.90 Å². The monoisotopic (exact) mass is 286 g/mol. The molecule has 0 atom stereocenters. The number of hydrogen-bond donors (Lipinski definition) is 2. The van der Waals surface area contributed by atoms with Gasteiger partial charge in [0.15, 0.2) is 0 Å². The smallest absolute Gasteiger partial charge is 0.238 e. The molecule has 100 valence electrons. The van der Waals surface area contributed by atoms with Crippen LogP contribution in [-0.2, 0) is 10.0 Å². The minimum atomic E-state index is -3.71. The van der Waals surface area contributed by atoms with Crippen molar-refractivity contribution in [2.75, 3.05) is 5.73 Å². The molecule has 2 rings (SSSR count). The van der Waals surface area contributed by atoms with Gasteiger partial charge >= 0.3 is 0 Å². The normalized spacial score (nSPS) is 17.2. The summed E-state index contributed by atoms with van der Waals surface area (Å²) >= 11 is 1.72. The number of rotatable bonds is 3. The first kappa shape index (κ1) is 13.7. The summed E-state index contributed by atoms with van der Waals surface area (Å²) in [6, 6.07) is 3.27. The number of thioether (sulfide) groups is 1. The number of anilines is 1. The van der Waals surface area contributed by atoms with E-state index in [0.29, 0.717) is 16.5 Å². The maximum atomic E-state index is 11.5. The highest BCUT2D eigenvalue weighted by Gasteiger charge is 2.20. The molecule has 18 heavy (non-hydrogen) atoms. The predicted octanol–water partition coefficient (Wildman–Crippen LogP) is 2.26. The first-order valence-corrected chi connectivity index (χ1v) is 8.40. The van der Waals surface area contributed by atoms with E-state index >= 15 is 0 Å². The van der Waals surface area contributed by atoms with Gasteiger partial charge in [0, 0.05) is 15.8 Å². The zero-order chi connectivity index (χ0) is 13.3. The highest BCUT2D eigenvalue weighted by molar-refractivity contribution is 8.00. The summed E-state index contributed by atoms with van der Waals surface area (Å²) in [7, 11) is -3.71. The summed E-state index contributed by atoms with van der Waals surface area (Å²) in [5.41, 5.74) is 6.93. The Labute approximate surface area is 112 Å². The molecule has 1 aromatic carbocycles. The van der Waals surface area contributed by atoms with Gasteiger partial charge in [-0.05, 0) is 37.5 Å². The average Bonchev–Trinajstić information content (AvgIpc) is 2.74. The van der Waals surface area contributed by atoms with Crippen molar-refractivity contribution in [3.8, 4) is 0 Å². The molecule has 1 aliphatic rings. The molecular weight excluding hydrogens is 268 g/mol. The van der Waals surface area contributed by atoms with E-state index in [0.717, 1.165) is 4.90 Å². The molecule has 6 heteroatoms. The van der Waals surface area contributed by atoms with Gasteiger partial charge in [-0.25, -0.2) is 13.6 Å². The molecule has 1 saturated carbocycles. The molecule has 0 radical (unpaired) electrons. The molecule has 0 amide bonds. The van der Waals surface area contributed by atoms with Crippen LogP contribution >= 0.6 is 11.8 Å². The Hall–Kier alpha value is -0.720. The molecule has 1 aromatic rings. The minimum absolute atomic E-state index is 0.142. The van der Waals surface area contributed by atoms with Crippen LogP contribution in [0.1, 0.15) is 31.2 Å². The van der Waals surface area contributed by atoms with E-state index in [2.05, 4.69) is 0 Å². The van der Waals surface area contributed by atoms with Gasteiger partial charge in [-0.3, -0.25) is 0 Å². The fourth-order valence-corrected chi connectivity index (χ4v) is 4.61. The number of hydrogen-bond acceptors (Lipinski definition) is 4. The average molecular weight is 286 g/mol. The number of sulfonamides is 1. The highest BCUT2D eigenvalue weighted by atomic mass is 32.2. The van der Waals surface area contributed by atoms with E-state index in [4.69, 9.17) is 10.9 Å². The van der Waals surface area contributed by atoms with Gasteiger partial charge in [-0.15, -0.1) is 11.8 Å². The Morgan fingerprint density at radius 1 is 1.28 bits per heavy atom. The summed E-state index contributed by atoms with van der Waals surface area (Å²) in [6.07, 6.45) is 4.87. The first-order chi connectivity index (χ1) is 8.38. The van der Waals surface area contributed by atoms with Crippen molar-refractivity contribution >= 4 is 27.5 Å². The van der Waals surface area contributed by atoms with Crippen molar-refractivity contribution in [2.45, 2.75) is 47.6 Å². The van der Waals surface area contributed by atoms with Crippen LogP contribution in [0.4, 0.5) is 5.69 Å². The largest absolute Gasteiger partial charge is 0.399 e. The third kappa shape index (κ3) is 2.99. The van der Waals surface area contributed by atoms with Crippen molar-refractivity contribution in [3.05, 3.63) is 17.7 Å². The van der Waals surface area contributed by atoms with Gasteiger partial charge in [-0.1, -0.05) is 12.8 Å². The van der Waals surface area contributed by atoms with E-state index in [1.165, 1.54) is 31.7 Å². The molecule has 4 N–H and O–H groups in total. The summed E-state index contributed by atoms with van der Waals surface area (Å²) < 4.78 is 23.0. The van der Waals surface area contributed by atoms with Gasteiger partial charge in [0.05, 0.1) is 4.90 Å². The molecular formula is C12H18N2O2S2. The summed E-state index contributed by atoms with van der Waals surface area (Å²) in [4.78, 5) is 1.08. The van der Waals surface area contributed by atoms with Crippen LogP contribution < -0.4 is 10.9 Å². The van der Waals surface area contributed by atoms with Crippen LogP contribution in [0.15, 0.2) is 21.9 Å². The standard InChI is InChI=1S/C12H18N2O2S2/c1-8-11(17-10-4-2-3-5-10)6-9(13)7-12(8)18(14,15)16/h6-7,10H,2-5,13H2,1H3,(H2,14,15,16). The van der Waals surface area contributed by atoms with Crippen molar-refractivity contribution in [1.82, 2.24) is 0 Å². The van der Waals surface area contributed by atoms with E-state index < -0.39 is 10.0 Å². The molecule has 4 nitrogen and oxygen atoms in total. The van der Waals surface area contributed by atoms with Crippen LogP contribution in [0.3, 0.4) is 0 Å². The van der Waals surface area contributed by atoms with E-state index in [1.54, 1.807) is 18.7 Å². The van der Waals surface area contributed by atoms with Gasteiger partial charge < -0.3 is 5.73 Å². The van der Waals surface area contributed by atoms with Crippen molar-refractivity contribution in [2.24, 2.45) is 5.14 Å². The van der Waals surface area contributed by atoms with Gasteiger partial charge in [-0.2, -0.15) is 0 Å². The lowest BCUT2D eigenvalue weighted by Crippen LogP contribution is -2.14. The Balaban J connectivity index is 2.38. The Kier molecular flexibility index (Phi) is 3.89. The van der Waals surface area contributed by atoms with Crippen LogP contribution in [0.25, 0.3) is 0 Å².